The zero-order valence-corrected chi connectivity index (χ0v) is 29.7. The lowest BCUT2D eigenvalue weighted by Gasteiger charge is -2.62. The van der Waals surface area contributed by atoms with Gasteiger partial charge in [0.2, 0.25) is 0 Å². The first-order valence-electron chi connectivity index (χ1n) is 17.6. The van der Waals surface area contributed by atoms with Crippen LogP contribution in [0.25, 0.3) is 0 Å². The first-order valence-corrected chi connectivity index (χ1v) is 19.1. The second-order valence-corrected chi connectivity index (χ2v) is 16.3. The number of benzene rings is 3. The smallest absolute Gasteiger partial charge is 0.318 e. The van der Waals surface area contributed by atoms with Crippen LogP contribution in [0, 0.1) is 23.7 Å². The van der Waals surface area contributed by atoms with Crippen molar-refractivity contribution in [2.24, 2.45) is 5.41 Å². The predicted octanol–water partition coefficient (Wildman–Crippen LogP) is 3.43. The third-order valence-electron chi connectivity index (χ3n) is 11.3. The number of hydrogen-bond acceptors (Lipinski definition) is 9. The number of sulfonamides is 1. The molecule has 3 aromatic carbocycles. The molecule has 5 heterocycles. The summed E-state index contributed by atoms with van der Waals surface area (Å²) in [5, 5.41) is 12.9. The standard InChI is InChI=1S/C38H42N6O6S/c1-3-50-34-7-5-4-6-31(34)38(32-18-27(19-39)10-13-33(32)44(35(38)45)51(47,48)30-11-8-26(2)9-12-30)40-36(46)43-24-37(25-43)22-42(23-37)28-14-16-41(17-15-28)29-20-49-21-29/h4-13,18,28-29H,3,14-17,20-25H2,1-2H3,(H,40,46)/t38-/m0/s1. The van der Waals surface area contributed by atoms with Gasteiger partial charge >= 0.3 is 6.03 Å². The number of likely N-dealkylation sites (tertiary alicyclic amines) is 3. The van der Waals surface area contributed by atoms with Crippen molar-refractivity contribution in [1.82, 2.24) is 20.0 Å². The molecule has 5 aliphatic rings. The molecule has 0 bridgehead atoms. The minimum absolute atomic E-state index is 0.000929. The Bertz CT molecular complexity index is 2010. The van der Waals surface area contributed by atoms with E-state index < -0.39 is 27.5 Å². The zero-order chi connectivity index (χ0) is 35.5. The molecule has 5 aliphatic heterocycles. The van der Waals surface area contributed by atoms with Crippen molar-refractivity contribution in [3.8, 4) is 11.8 Å². The third-order valence-corrected chi connectivity index (χ3v) is 13.0. The summed E-state index contributed by atoms with van der Waals surface area (Å²) in [7, 11) is -4.45. The van der Waals surface area contributed by atoms with Crippen molar-refractivity contribution in [3.63, 3.8) is 0 Å². The Kier molecular flexibility index (Phi) is 8.33. The third kappa shape index (κ3) is 5.47. The molecule has 4 fully saturated rings. The van der Waals surface area contributed by atoms with Crippen LogP contribution in [0.4, 0.5) is 10.5 Å². The highest BCUT2D eigenvalue weighted by atomic mass is 32.2. The van der Waals surface area contributed by atoms with Crippen LogP contribution in [0.3, 0.4) is 0 Å². The first-order chi connectivity index (χ1) is 24.6. The van der Waals surface area contributed by atoms with Gasteiger partial charge in [0.1, 0.15) is 5.75 Å². The van der Waals surface area contributed by atoms with E-state index in [9.17, 15) is 18.5 Å². The van der Waals surface area contributed by atoms with Crippen LogP contribution in [-0.2, 0) is 25.1 Å². The molecule has 1 N–H and O–H groups in total. The number of hydrogen-bond donors (Lipinski definition) is 1. The van der Waals surface area contributed by atoms with Crippen LogP contribution < -0.4 is 14.4 Å². The minimum atomic E-state index is -4.45. The van der Waals surface area contributed by atoms with Crippen LogP contribution in [0.5, 0.6) is 5.75 Å². The van der Waals surface area contributed by atoms with Gasteiger partial charge in [-0.2, -0.15) is 9.57 Å². The maximum absolute atomic E-state index is 15.1. The van der Waals surface area contributed by atoms with Gasteiger partial charge in [0.05, 0.1) is 48.1 Å². The molecule has 4 saturated heterocycles. The predicted molar refractivity (Wildman–Crippen MR) is 189 cm³/mol. The van der Waals surface area contributed by atoms with Gasteiger partial charge in [-0.15, -0.1) is 0 Å². The number of urea groups is 1. The number of piperidine rings is 1. The molecule has 1 atom stereocenters. The minimum Gasteiger partial charge on any atom is -0.493 e. The molecule has 0 saturated carbocycles. The first kappa shape index (κ1) is 33.7. The van der Waals surface area contributed by atoms with E-state index in [4.69, 9.17) is 9.47 Å². The Morgan fingerprint density at radius 2 is 1.67 bits per heavy atom. The van der Waals surface area contributed by atoms with Gasteiger partial charge in [-0.3, -0.25) is 14.6 Å². The number of rotatable bonds is 8. The summed E-state index contributed by atoms with van der Waals surface area (Å²) in [6, 6.07) is 20.2. The van der Waals surface area contributed by atoms with E-state index in [2.05, 4.69) is 21.2 Å². The van der Waals surface area contributed by atoms with E-state index in [0.717, 1.165) is 62.1 Å². The maximum atomic E-state index is 15.1. The van der Waals surface area contributed by atoms with Gasteiger partial charge in [-0.05, 0) is 63.1 Å². The number of ether oxygens (including phenoxy) is 2. The van der Waals surface area contributed by atoms with Crippen molar-refractivity contribution in [2.75, 3.05) is 63.4 Å². The number of amides is 3. The van der Waals surface area contributed by atoms with E-state index in [0.29, 0.717) is 30.9 Å². The van der Waals surface area contributed by atoms with Crippen molar-refractivity contribution in [2.45, 2.75) is 49.2 Å². The summed E-state index contributed by atoms with van der Waals surface area (Å²) < 4.78 is 40.8. The largest absolute Gasteiger partial charge is 0.493 e. The van der Waals surface area contributed by atoms with Gasteiger partial charge < -0.3 is 19.7 Å². The van der Waals surface area contributed by atoms with Crippen molar-refractivity contribution in [1.29, 1.82) is 5.26 Å². The average Bonchev–Trinajstić information content (AvgIpc) is 3.31. The molecule has 0 unspecified atom stereocenters. The number of fused-ring (bicyclic) bond motifs is 1. The van der Waals surface area contributed by atoms with Crippen LogP contribution in [0.1, 0.15) is 42.0 Å². The van der Waals surface area contributed by atoms with E-state index >= 15 is 4.79 Å². The Hall–Kier alpha value is -4.48. The molecular formula is C38H42N6O6S. The SMILES string of the molecule is CCOc1ccccc1[C@@]1(NC(=O)N2CC3(C2)CN(C2CCN(C4COC4)CC2)C3)C(=O)N(S(=O)(=O)c2ccc(C)cc2)c2ccc(C#N)cc21. The summed E-state index contributed by atoms with van der Waals surface area (Å²) in [6.45, 7) is 10.7. The number of nitrogens with one attached hydrogen (secondary N) is 1. The molecule has 51 heavy (non-hydrogen) atoms. The molecule has 3 aromatic rings. The molecular weight excluding hydrogens is 669 g/mol. The number of nitrogens with zero attached hydrogens (tertiary/aromatic N) is 5. The summed E-state index contributed by atoms with van der Waals surface area (Å²) >= 11 is 0. The lowest BCUT2D eigenvalue weighted by atomic mass is 9.71. The van der Waals surface area contributed by atoms with Crippen LogP contribution in [-0.4, -0.2) is 106 Å². The Morgan fingerprint density at radius 3 is 2.31 bits per heavy atom. The number of aryl methyl sites for hydroxylation is 1. The van der Waals surface area contributed by atoms with E-state index in [-0.39, 0.29) is 39.3 Å². The van der Waals surface area contributed by atoms with Gasteiger partial charge in [0.15, 0.2) is 5.54 Å². The highest BCUT2D eigenvalue weighted by Gasteiger charge is 2.60. The zero-order valence-electron chi connectivity index (χ0n) is 28.9. The second-order valence-electron chi connectivity index (χ2n) is 14.6. The normalized spacial score (nSPS) is 23.6. The summed E-state index contributed by atoms with van der Waals surface area (Å²) in [4.78, 5) is 36.1. The van der Waals surface area contributed by atoms with Crippen LogP contribution in [0.15, 0.2) is 71.6 Å². The van der Waals surface area contributed by atoms with Crippen molar-refractivity contribution in [3.05, 3.63) is 89.0 Å². The number of carbonyl (C=O) groups excluding carboxylic acids is 2. The Labute approximate surface area is 298 Å². The molecule has 1 spiro atoms. The number of para-hydroxylation sites is 1. The molecule has 0 aliphatic carbocycles. The Morgan fingerprint density at radius 1 is 0.961 bits per heavy atom. The van der Waals surface area contributed by atoms with Gasteiger partial charge in [0.25, 0.3) is 15.9 Å². The molecule has 13 heteroatoms. The molecule has 8 rings (SSSR count). The fourth-order valence-corrected chi connectivity index (χ4v) is 9.95. The monoisotopic (exact) mass is 710 g/mol. The molecule has 12 nitrogen and oxygen atoms in total. The fourth-order valence-electron chi connectivity index (χ4n) is 8.49. The number of carbonyl (C=O) groups is 2. The summed E-state index contributed by atoms with van der Waals surface area (Å²) in [5.41, 5.74) is -0.388. The van der Waals surface area contributed by atoms with E-state index in [1.54, 1.807) is 41.3 Å². The van der Waals surface area contributed by atoms with E-state index in [1.807, 2.05) is 13.8 Å². The number of nitriles is 1. The quantitative estimate of drug-likeness (QED) is 0.373. The fraction of sp³-hybridized carbons (Fsp3) is 0.447. The average molecular weight is 711 g/mol. The molecule has 0 radical (unpaired) electrons. The second kappa shape index (κ2) is 12.6. The molecule has 266 valence electrons. The van der Waals surface area contributed by atoms with Gasteiger partial charge in [-0.1, -0.05) is 35.9 Å². The molecule has 0 aromatic heterocycles. The maximum Gasteiger partial charge on any atom is 0.318 e. The highest BCUT2D eigenvalue weighted by Crippen LogP contribution is 2.50. The Balaban J connectivity index is 1.09. The van der Waals surface area contributed by atoms with Crippen molar-refractivity contribution < 1.29 is 27.5 Å². The lowest BCUT2D eigenvalue weighted by Crippen LogP contribution is -2.76. The lowest BCUT2D eigenvalue weighted by molar-refractivity contribution is -0.129. The van der Waals surface area contributed by atoms with Crippen molar-refractivity contribution >= 4 is 27.6 Å². The highest BCUT2D eigenvalue weighted by molar-refractivity contribution is 7.93. The van der Waals surface area contributed by atoms with Gasteiger partial charge in [-0.25, -0.2) is 13.2 Å². The summed E-state index contributed by atoms with van der Waals surface area (Å²) in [6.07, 6.45) is 2.26. The van der Waals surface area contributed by atoms with Crippen LogP contribution in [0.2, 0.25) is 0 Å². The summed E-state index contributed by atoms with van der Waals surface area (Å²) in [5.74, 6) is -0.555. The van der Waals surface area contributed by atoms with Crippen LogP contribution >= 0.6 is 0 Å². The van der Waals surface area contributed by atoms with Gasteiger partial charge in [0, 0.05) is 61.9 Å². The topological polar surface area (TPSA) is 136 Å². The van der Waals surface area contributed by atoms with E-state index in [1.165, 1.54) is 30.3 Å². The molecule has 3 amide bonds. The number of anilines is 1.